The third-order valence-corrected chi connectivity index (χ3v) is 6.29. The lowest BCUT2D eigenvalue weighted by Gasteiger charge is -2.31. The van der Waals surface area contributed by atoms with Crippen molar-refractivity contribution in [1.82, 2.24) is 4.98 Å². The quantitative estimate of drug-likeness (QED) is 0.287. The summed E-state index contributed by atoms with van der Waals surface area (Å²) in [6, 6.07) is 20.7. The first-order valence-electron chi connectivity index (χ1n) is 10.9. The highest BCUT2D eigenvalue weighted by Gasteiger charge is 2.16. The van der Waals surface area contributed by atoms with Crippen LogP contribution in [0.3, 0.4) is 0 Å². The SMILES string of the molecule is COc1ccc2nc3cc(Cl)ccc3c(NCCCN3CCCc4ccccc43)c2c1. The first kappa shape index (κ1) is 20.0. The lowest BCUT2D eigenvalue weighted by molar-refractivity contribution is 0.415. The van der Waals surface area contributed by atoms with Crippen LogP contribution in [-0.4, -0.2) is 31.7 Å². The van der Waals surface area contributed by atoms with Crippen molar-refractivity contribution < 1.29 is 4.74 Å². The maximum Gasteiger partial charge on any atom is 0.119 e. The highest BCUT2D eigenvalue weighted by molar-refractivity contribution is 6.31. The summed E-state index contributed by atoms with van der Waals surface area (Å²) in [5, 5.41) is 6.54. The molecule has 0 unspecified atom stereocenters. The zero-order valence-corrected chi connectivity index (χ0v) is 18.5. The van der Waals surface area contributed by atoms with Crippen LogP contribution in [0.25, 0.3) is 21.8 Å². The zero-order chi connectivity index (χ0) is 21.2. The Hall–Kier alpha value is -2.98. The van der Waals surface area contributed by atoms with Gasteiger partial charge in [-0.25, -0.2) is 4.98 Å². The number of fused-ring (bicyclic) bond motifs is 3. The van der Waals surface area contributed by atoms with Crippen LogP contribution < -0.4 is 15.0 Å². The Morgan fingerprint density at radius 3 is 2.84 bits per heavy atom. The van der Waals surface area contributed by atoms with Crippen molar-refractivity contribution in [2.45, 2.75) is 19.3 Å². The van der Waals surface area contributed by atoms with Crippen LogP contribution in [0.4, 0.5) is 11.4 Å². The van der Waals surface area contributed by atoms with Gasteiger partial charge >= 0.3 is 0 Å². The van der Waals surface area contributed by atoms with E-state index in [0.717, 1.165) is 59.3 Å². The molecule has 158 valence electrons. The van der Waals surface area contributed by atoms with Gasteiger partial charge in [-0.05, 0) is 67.3 Å². The number of hydrogen-bond acceptors (Lipinski definition) is 4. The largest absolute Gasteiger partial charge is 0.497 e. The Balaban J connectivity index is 1.39. The molecule has 0 fully saturated rings. The van der Waals surface area contributed by atoms with Crippen molar-refractivity contribution in [2.24, 2.45) is 0 Å². The standard InChI is InChI=1S/C26H26ClN3O/c1-31-20-10-12-23-22(17-20)26(21-11-9-19(27)16-24(21)29-23)28-13-5-15-30-14-4-7-18-6-2-3-8-25(18)30/h2-3,6,8-12,16-17H,4-5,7,13-15H2,1H3,(H,28,29). The fourth-order valence-corrected chi connectivity index (χ4v) is 4.71. The van der Waals surface area contributed by atoms with Crippen molar-refractivity contribution in [2.75, 3.05) is 37.0 Å². The number of halogens is 1. The minimum atomic E-state index is 0.697. The molecule has 5 rings (SSSR count). The van der Waals surface area contributed by atoms with E-state index in [2.05, 4.69) is 40.5 Å². The van der Waals surface area contributed by atoms with Gasteiger partial charge in [0.2, 0.25) is 0 Å². The van der Waals surface area contributed by atoms with Gasteiger partial charge in [-0.1, -0.05) is 29.8 Å². The molecule has 0 saturated carbocycles. The number of hydrogen-bond donors (Lipinski definition) is 1. The van der Waals surface area contributed by atoms with Crippen LogP contribution in [0.1, 0.15) is 18.4 Å². The van der Waals surface area contributed by atoms with E-state index in [-0.39, 0.29) is 0 Å². The van der Waals surface area contributed by atoms with Crippen LogP contribution in [-0.2, 0) is 6.42 Å². The first-order valence-corrected chi connectivity index (χ1v) is 11.2. The highest BCUT2D eigenvalue weighted by Crippen LogP contribution is 2.34. The Morgan fingerprint density at radius 2 is 1.94 bits per heavy atom. The molecule has 0 amide bonds. The second kappa shape index (κ2) is 8.64. The second-order valence-corrected chi connectivity index (χ2v) is 8.47. The Morgan fingerprint density at radius 1 is 1.03 bits per heavy atom. The van der Waals surface area contributed by atoms with Crippen LogP contribution in [0.15, 0.2) is 60.7 Å². The highest BCUT2D eigenvalue weighted by atomic mass is 35.5. The monoisotopic (exact) mass is 431 g/mol. The number of benzene rings is 3. The van der Waals surface area contributed by atoms with Gasteiger partial charge in [0.25, 0.3) is 0 Å². The molecular formula is C26H26ClN3O. The minimum Gasteiger partial charge on any atom is -0.497 e. The number of aromatic nitrogens is 1. The summed E-state index contributed by atoms with van der Waals surface area (Å²) in [5.41, 5.74) is 5.79. The third-order valence-electron chi connectivity index (χ3n) is 6.06. The smallest absolute Gasteiger partial charge is 0.119 e. The van der Waals surface area contributed by atoms with E-state index in [0.29, 0.717) is 5.02 Å². The normalized spacial score (nSPS) is 13.4. The molecule has 5 heteroatoms. The van der Waals surface area contributed by atoms with Gasteiger partial charge in [0, 0.05) is 41.1 Å². The van der Waals surface area contributed by atoms with Gasteiger partial charge in [0.05, 0.1) is 23.8 Å². The molecule has 0 spiro atoms. The molecule has 0 saturated heterocycles. The molecule has 4 nitrogen and oxygen atoms in total. The average molecular weight is 432 g/mol. The van der Waals surface area contributed by atoms with E-state index in [1.807, 2.05) is 30.3 Å². The summed E-state index contributed by atoms with van der Waals surface area (Å²) in [7, 11) is 1.69. The molecule has 3 aromatic carbocycles. The van der Waals surface area contributed by atoms with Gasteiger partial charge < -0.3 is 15.0 Å². The predicted octanol–water partition coefficient (Wildman–Crippen LogP) is 6.30. The Labute approximate surface area is 187 Å². The van der Waals surface area contributed by atoms with Gasteiger partial charge in [-0.2, -0.15) is 0 Å². The number of nitrogens with zero attached hydrogens (tertiary/aromatic N) is 2. The fourth-order valence-electron chi connectivity index (χ4n) is 4.54. The zero-order valence-electron chi connectivity index (χ0n) is 17.7. The Bertz CT molecular complexity index is 1240. The van der Waals surface area contributed by atoms with E-state index in [4.69, 9.17) is 21.3 Å². The molecule has 0 radical (unpaired) electrons. The summed E-state index contributed by atoms with van der Waals surface area (Å²) < 4.78 is 5.46. The summed E-state index contributed by atoms with van der Waals surface area (Å²) in [5.74, 6) is 0.829. The molecule has 0 bridgehead atoms. The van der Waals surface area contributed by atoms with Crippen molar-refractivity contribution in [3.63, 3.8) is 0 Å². The van der Waals surface area contributed by atoms with Crippen LogP contribution >= 0.6 is 11.6 Å². The summed E-state index contributed by atoms with van der Waals surface area (Å²) >= 11 is 6.24. The molecule has 1 aliphatic heterocycles. The summed E-state index contributed by atoms with van der Waals surface area (Å²) in [6.45, 7) is 3.06. The van der Waals surface area contributed by atoms with E-state index in [1.165, 1.54) is 24.1 Å². The summed E-state index contributed by atoms with van der Waals surface area (Å²) in [6.07, 6.45) is 3.46. The van der Waals surface area contributed by atoms with Crippen LogP contribution in [0.5, 0.6) is 5.75 Å². The number of rotatable bonds is 6. The number of nitrogens with one attached hydrogen (secondary N) is 1. The molecule has 2 heterocycles. The average Bonchev–Trinajstić information content (AvgIpc) is 2.80. The molecule has 31 heavy (non-hydrogen) atoms. The van der Waals surface area contributed by atoms with E-state index < -0.39 is 0 Å². The van der Waals surface area contributed by atoms with E-state index in [9.17, 15) is 0 Å². The second-order valence-electron chi connectivity index (χ2n) is 8.03. The number of aryl methyl sites for hydroxylation is 1. The maximum atomic E-state index is 6.24. The van der Waals surface area contributed by atoms with Gasteiger partial charge in [-0.15, -0.1) is 0 Å². The van der Waals surface area contributed by atoms with Gasteiger partial charge in [0.1, 0.15) is 5.75 Å². The van der Waals surface area contributed by atoms with Crippen molar-refractivity contribution >= 4 is 44.8 Å². The minimum absolute atomic E-state index is 0.697. The number of anilines is 2. The topological polar surface area (TPSA) is 37.4 Å². The summed E-state index contributed by atoms with van der Waals surface area (Å²) in [4.78, 5) is 7.33. The van der Waals surface area contributed by atoms with Crippen LogP contribution in [0.2, 0.25) is 5.02 Å². The maximum absolute atomic E-state index is 6.24. The molecule has 1 aromatic heterocycles. The number of pyridine rings is 1. The lowest BCUT2D eigenvalue weighted by atomic mass is 10.0. The molecular weight excluding hydrogens is 406 g/mol. The molecule has 1 N–H and O–H groups in total. The number of para-hydroxylation sites is 1. The number of methoxy groups -OCH3 is 1. The Kier molecular flexibility index (Phi) is 5.56. The van der Waals surface area contributed by atoms with Gasteiger partial charge in [-0.3, -0.25) is 0 Å². The van der Waals surface area contributed by atoms with Crippen molar-refractivity contribution in [1.29, 1.82) is 0 Å². The van der Waals surface area contributed by atoms with Crippen LogP contribution in [0, 0.1) is 0 Å². The van der Waals surface area contributed by atoms with Crippen molar-refractivity contribution in [3.05, 3.63) is 71.2 Å². The predicted molar refractivity (Wildman–Crippen MR) is 131 cm³/mol. The molecule has 0 aliphatic carbocycles. The van der Waals surface area contributed by atoms with E-state index >= 15 is 0 Å². The van der Waals surface area contributed by atoms with Crippen molar-refractivity contribution in [3.8, 4) is 5.75 Å². The van der Waals surface area contributed by atoms with E-state index in [1.54, 1.807) is 7.11 Å². The molecule has 4 aromatic rings. The number of ether oxygens (including phenoxy) is 1. The molecule has 1 aliphatic rings. The molecule has 0 atom stereocenters. The van der Waals surface area contributed by atoms with Gasteiger partial charge in [0.15, 0.2) is 0 Å². The first-order chi connectivity index (χ1) is 15.2. The lowest BCUT2D eigenvalue weighted by Crippen LogP contribution is -2.31. The third kappa shape index (κ3) is 4.00. The fraction of sp³-hybridized carbons (Fsp3) is 0.269.